The van der Waals surface area contributed by atoms with Gasteiger partial charge in [0.1, 0.15) is 15.4 Å². The minimum Gasteiger partial charge on any atom is -0.493 e. The van der Waals surface area contributed by atoms with Gasteiger partial charge in [-0.1, -0.05) is 6.92 Å². The maximum atomic E-state index is 11.1. The molecule has 7 nitrogen and oxygen atoms in total. The maximum Gasteiger partial charge on any atom is 0.328 e. The van der Waals surface area contributed by atoms with Crippen LogP contribution in [-0.2, 0) is 20.1 Å². The summed E-state index contributed by atoms with van der Waals surface area (Å²) in [5.41, 5.74) is 1.96. The molecule has 0 bridgehead atoms. The van der Waals surface area contributed by atoms with Crippen molar-refractivity contribution in [1.82, 2.24) is 0 Å². The van der Waals surface area contributed by atoms with Gasteiger partial charge in [-0.2, -0.15) is 0 Å². The molecule has 0 amide bonds. The molecule has 0 aliphatic rings. The van der Waals surface area contributed by atoms with Crippen LogP contribution in [0.15, 0.2) is 12.1 Å². The summed E-state index contributed by atoms with van der Waals surface area (Å²) in [6, 6.07) is 1.79. The van der Waals surface area contributed by atoms with E-state index in [0.29, 0.717) is 38.7 Å². The molecule has 1 atom stereocenters. The number of methoxy groups -OCH3 is 3. The van der Waals surface area contributed by atoms with Crippen molar-refractivity contribution in [3.8, 4) is 17.2 Å². The van der Waals surface area contributed by atoms with Crippen LogP contribution >= 0.6 is 0 Å². The first-order valence-corrected chi connectivity index (χ1v) is 19.0. The van der Waals surface area contributed by atoms with Crippen molar-refractivity contribution < 1.29 is 33.0 Å². The predicted octanol–water partition coefficient (Wildman–Crippen LogP) is 5.24. The average molecular weight is 513 g/mol. The van der Waals surface area contributed by atoms with E-state index in [1.54, 1.807) is 33.5 Å². The summed E-state index contributed by atoms with van der Waals surface area (Å²) in [4.78, 5) is 11.1. The van der Waals surface area contributed by atoms with E-state index in [1.807, 2.05) is 0 Å². The molecule has 1 rings (SSSR count). The monoisotopic (exact) mass is 512 g/mol. The lowest BCUT2D eigenvalue weighted by Crippen LogP contribution is -2.43. The zero-order chi connectivity index (χ0) is 25.4. The molecule has 186 valence electrons. The smallest absolute Gasteiger partial charge is 0.328 e. The Morgan fingerprint density at radius 3 is 1.97 bits per heavy atom. The van der Waals surface area contributed by atoms with Gasteiger partial charge in [-0.15, -0.1) is 0 Å². The van der Waals surface area contributed by atoms with E-state index in [-0.39, 0.29) is 5.91 Å². The van der Waals surface area contributed by atoms with Crippen LogP contribution in [-0.4, -0.2) is 64.5 Å². The summed E-state index contributed by atoms with van der Waals surface area (Å²) < 4.78 is 29.4. The lowest BCUT2D eigenvalue weighted by molar-refractivity contribution is -0.131. The fourth-order valence-corrected chi connectivity index (χ4v) is 8.13. The van der Waals surface area contributed by atoms with Crippen LogP contribution in [0.3, 0.4) is 0 Å². The average Bonchev–Trinajstić information content (AvgIpc) is 2.66. The fraction of sp³-hybridized carbons (Fsp3) is 0.609. The molecule has 0 aliphatic carbocycles. The van der Waals surface area contributed by atoms with E-state index in [1.165, 1.54) is 0 Å². The Hall–Kier alpha value is -1.60. The van der Waals surface area contributed by atoms with Crippen molar-refractivity contribution in [2.75, 3.05) is 21.3 Å². The third-order valence-corrected chi connectivity index (χ3v) is 8.22. The molecule has 1 aromatic rings. The maximum absolute atomic E-state index is 11.1. The normalized spacial score (nSPS) is 13.4. The number of aliphatic carboxylic acids is 1. The third kappa shape index (κ3) is 10.5. The zero-order valence-corrected chi connectivity index (χ0v) is 24.7. The number of carboxylic acids is 1. The Morgan fingerprint density at radius 2 is 1.55 bits per heavy atom. The van der Waals surface area contributed by atoms with Gasteiger partial charge in [0.05, 0.1) is 21.3 Å². The van der Waals surface area contributed by atoms with Crippen molar-refractivity contribution in [1.29, 1.82) is 0 Å². The van der Waals surface area contributed by atoms with E-state index < -0.39 is 22.6 Å². The molecule has 2 radical (unpaired) electrons. The molecule has 0 fully saturated rings. The third-order valence-electron chi connectivity index (χ3n) is 4.54. The second kappa shape index (κ2) is 12.7. The molecule has 0 heterocycles. The molecular weight excluding hydrogens is 473 g/mol. The number of carbonyl (C=O) groups is 1. The van der Waals surface area contributed by atoms with Crippen LogP contribution in [0.2, 0.25) is 44.8 Å². The van der Waals surface area contributed by atoms with Gasteiger partial charge in [0.25, 0.3) is 0 Å². The van der Waals surface area contributed by atoms with Crippen molar-refractivity contribution in [3.05, 3.63) is 23.3 Å². The summed E-state index contributed by atoms with van der Waals surface area (Å²) in [6.07, 6.45) is 4.23. The minimum absolute atomic E-state index is 0.183. The SMILES string of the molecule is COc1cc(/C=C/C(=O)O)c(CCC(C)[Si]C(O[Si](C)(C)C)O[Si](C)(C)C)c(OC)c1OC. The number of rotatable bonds is 14. The van der Waals surface area contributed by atoms with E-state index in [4.69, 9.17) is 28.2 Å². The molecule has 0 aromatic heterocycles. The van der Waals surface area contributed by atoms with Crippen LogP contribution in [0.4, 0.5) is 0 Å². The Kier molecular flexibility index (Phi) is 11.4. The predicted molar refractivity (Wildman–Crippen MR) is 139 cm³/mol. The molecule has 1 aromatic carbocycles. The molecule has 1 N–H and O–H groups in total. The first-order chi connectivity index (χ1) is 15.2. The van der Waals surface area contributed by atoms with E-state index in [0.717, 1.165) is 23.6 Å². The Labute approximate surface area is 203 Å². The number of hydrogen-bond donors (Lipinski definition) is 1. The summed E-state index contributed by atoms with van der Waals surface area (Å²) in [7, 11) is 1.68. The summed E-state index contributed by atoms with van der Waals surface area (Å²) >= 11 is 0. The topological polar surface area (TPSA) is 83.5 Å². The van der Waals surface area contributed by atoms with Crippen LogP contribution in [0.25, 0.3) is 6.08 Å². The summed E-state index contributed by atoms with van der Waals surface area (Å²) in [5, 5.41) is 9.13. The van der Waals surface area contributed by atoms with Crippen molar-refractivity contribution in [2.24, 2.45) is 0 Å². The Bertz CT molecular complexity index is 798. The summed E-state index contributed by atoms with van der Waals surface area (Å²) in [6.45, 7) is 15.3. The number of carboxylic acid groups (broad SMARTS) is 1. The summed E-state index contributed by atoms with van der Waals surface area (Å²) in [5.74, 6) is 0.354. The minimum atomic E-state index is -1.75. The number of hydrogen-bond acceptors (Lipinski definition) is 6. The standard InChI is InChI=1S/C23H40O7Si3/c1-16(31-23(29-32(5,6)7)30-33(8,9)10)11-13-18-17(12-14-20(24)25)15-19(26-2)22(28-4)21(18)27-3/h12,14-16,23H,11,13H2,1-10H3,(H,24,25)/b14-12+. The second-order valence-electron chi connectivity index (χ2n) is 9.78. The van der Waals surface area contributed by atoms with E-state index >= 15 is 0 Å². The highest BCUT2D eigenvalue weighted by Crippen LogP contribution is 2.43. The molecular formula is C23H40O7Si3. The first-order valence-electron chi connectivity index (χ1n) is 11.0. The van der Waals surface area contributed by atoms with E-state index in [9.17, 15) is 4.79 Å². The van der Waals surface area contributed by atoms with Crippen LogP contribution < -0.4 is 14.2 Å². The van der Waals surface area contributed by atoms with Gasteiger partial charge >= 0.3 is 5.97 Å². The lowest BCUT2D eigenvalue weighted by Gasteiger charge is -2.32. The molecule has 33 heavy (non-hydrogen) atoms. The van der Waals surface area contributed by atoms with E-state index in [2.05, 4.69) is 46.2 Å². The van der Waals surface area contributed by atoms with Crippen molar-refractivity contribution in [3.63, 3.8) is 0 Å². The van der Waals surface area contributed by atoms with Gasteiger partial charge in [-0.25, -0.2) is 4.79 Å². The second-order valence-corrected chi connectivity index (χ2v) is 20.5. The Balaban J connectivity index is 3.19. The molecule has 0 spiro atoms. The van der Waals surface area contributed by atoms with Crippen LogP contribution in [0.5, 0.6) is 17.2 Å². The fourth-order valence-electron chi connectivity index (χ4n) is 3.21. The highest BCUT2D eigenvalue weighted by Gasteiger charge is 2.29. The van der Waals surface area contributed by atoms with Gasteiger partial charge in [-0.05, 0) is 75.4 Å². The van der Waals surface area contributed by atoms with Gasteiger partial charge in [0, 0.05) is 11.6 Å². The van der Waals surface area contributed by atoms with Gasteiger partial charge in [0.2, 0.25) is 5.75 Å². The lowest BCUT2D eigenvalue weighted by atomic mass is 9.98. The van der Waals surface area contributed by atoms with Crippen molar-refractivity contribution >= 4 is 38.2 Å². The number of ether oxygens (including phenoxy) is 3. The zero-order valence-electron chi connectivity index (χ0n) is 21.7. The highest BCUT2D eigenvalue weighted by molar-refractivity contribution is 6.71. The van der Waals surface area contributed by atoms with Gasteiger partial charge in [0.15, 0.2) is 28.1 Å². The molecule has 1 unspecified atom stereocenters. The molecule has 10 heteroatoms. The molecule has 0 saturated heterocycles. The Morgan fingerprint density at radius 1 is 1.00 bits per heavy atom. The van der Waals surface area contributed by atoms with Crippen LogP contribution in [0.1, 0.15) is 24.5 Å². The largest absolute Gasteiger partial charge is 0.493 e. The van der Waals surface area contributed by atoms with Crippen LogP contribution in [0, 0.1) is 0 Å². The molecule has 0 saturated carbocycles. The highest BCUT2D eigenvalue weighted by atomic mass is 28.4. The molecule has 0 aliphatic heterocycles. The van der Waals surface area contributed by atoms with Gasteiger partial charge in [-0.3, -0.25) is 0 Å². The number of benzene rings is 1. The van der Waals surface area contributed by atoms with Crippen molar-refractivity contribution in [2.45, 2.75) is 70.5 Å². The quantitative estimate of drug-likeness (QED) is 0.207. The van der Waals surface area contributed by atoms with Gasteiger partial charge < -0.3 is 28.2 Å². The first kappa shape index (κ1) is 29.4.